The molecule has 180 valence electrons. The smallest absolute Gasteiger partial charge is 0.431 e. The third kappa shape index (κ3) is 5.79. The maximum absolute atomic E-state index is 14.5. The Bertz CT molecular complexity index is 1190. The first kappa shape index (κ1) is 26.1. The van der Waals surface area contributed by atoms with Crippen LogP contribution >= 0.6 is 11.6 Å². The van der Waals surface area contributed by atoms with Crippen LogP contribution < -0.4 is 11.2 Å². The van der Waals surface area contributed by atoms with Crippen molar-refractivity contribution < 1.29 is 41.4 Å². The molecule has 0 radical (unpaired) electrons. The minimum absolute atomic E-state index is 0.0936. The van der Waals surface area contributed by atoms with E-state index in [1.54, 1.807) is 0 Å². The van der Waals surface area contributed by atoms with Crippen molar-refractivity contribution in [1.82, 2.24) is 9.13 Å². The van der Waals surface area contributed by atoms with Crippen LogP contribution in [0.5, 0.6) is 0 Å². The minimum Gasteiger partial charge on any atom is -0.461 e. The van der Waals surface area contributed by atoms with E-state index in [0.717, 1.165) is 7.05 Å². The first-order chi connectivity index (χ1) is 15.3. The molecule has 0 N–H and O–H groups in total. The van der Waals surface area contributed by atoms with E-state index in [-0.39, 0.29) is 28.4 Å². The van der Waals surface area contributed by atoms with Gasteiger partial charge in [-0.25, -0.2) is 23.3 Å². The monoisotopic (exact) mass is 496 g/mol. The van der Waals surface area contributed by atoms with Gasteiger partial charge in [-0.05, 0) is 19.1 Å². The molecule has 2 rings (SSSR count). The standard InChI is InChI=1S/C19H17ClF4N2O7/c1-9(16(28)32-5-4-31-3)33-17(29)10-6-13(12(21)7-11(10)20)26-15(27)8-14(19(22,23)24)25(2)18(26)30/h6-9H,4-5H2,1-3H3/t9-/m0/s1. The maximum atomic E-state index is 14.5. The van der Waals surface area contributed by atoms with Gasteiger partial charge in [0.1, 0.15) is 18.1 Å². The lowest BCUT2D eigenvalue weighted by Gasteiger charge is -2.16. The average Bonchev–Trinajstić information content (AvgIpc) is 2.71. The number of rotatable bonds is 7. The number of hydrogen-bond donors (Lipinski definition) is 0. The molecule has 33 heavy (non-hydrogen) atoms. The predicted molar refractivity (Wildman–Crippen MR) is 105 cm³/mol. The molecule has 0 bridgehead atoms. The van der Waals surface area contributed by atoms with Gasteiger partial charge >= 0.3 is 23.8 Å². The highest BCUT2D eigenvalue weighted by atomic mass is 35.5. The molecule has 0 fully saturated rings. The first-order valence-corrected chi connectivity index (χ1v) is 9.43. The van der Waals surface area contributed by atoms with Gasteiger partial charge in [0.15, 0.2) is 6.10 Å². The van der Waals surface area contributed by atoms with Crippen LogP contribution in [0.25, 0.3) is 5.69 Å². The Balaban J connectivity index is 2.47. The quantitative estimate of drug-likeness (QED) is 0.328. The van der Waals surface area contributed by atoms with Gasteiger partial charge in [0, 0.05) is 20.2 Å². The predicted octanol–water partition coefficient (Wildman–Crippen LogP) is 2.08. The number of esters is 2. The highest BCUT2D eigenvalue weighted by Gasteiger charge is 2.35. The van der Waals surface area contributed by atoms with Crippen molar-refractivity contribution in [3.63, 3.8) is 0 Å². The van der Waals surface area contributed by atoms with Gasteiger partial charge in [-0.2, -0.15) is 13.2 Å². The summed E-state index contributed by atoms with van der Waals surface area (Å²) < 4.78 is 68.2. The van der Waals surface area contributed by atoms with E-state index in [1.807, 2.05) is 0 Å². The highest BCUT2D eigenvalue weighted by molar-refractivity contribution is 6.33. The van der Waals surface area contributed by atoms with Crippen LogP contribution in [0.3, 0.4) is 0 Å². The number of hydrogen-bond acceptors (Lipinski definition) is 7. The number of carbonyl (C=O) groups is 2. The van der Waals surface area contributed by atoms with E-state index in [9.17, 15) is 36.7 Å². The summed E-state index contributed by atoms with van der Waals surface area (Å²) in [5, 5.41) is -0.502. The summed E-state index contributed by atoms with van der Waals surface area (Å²) in [7, 11) is 2.11. The maximum Gasteiger partial charge on any atom is 0.431 e. The van der Waals surface area contributed by atoms with Crippen LogP contribution in [0.4, 0.5) is 17.6 Å². The molecule has 0 aliphatic carbocycles. The van der Waals surface area contributed by atoms with Gasteiger partial charge in [-0.15, -0.1) is 0 Å². The number of benzene rings is 1. The number of carbonyl (C=O) groups excluding carboxylic acids is 2. The topological polar surface area (TPSA) is 106 Å². The molecule has 0 saturated heterocycles. The van der Waals surface area contributed by atoms with Gasteiger partial charge in [0.05, 0.1) is 22.9 Å². The summed E-state index contributed by atoms with van der Waals surface area (Å²) in [6, 6.07) is 1.32. The lowest BCUT2D eigenvalue weighted by molar-refractivity contribution is -0.154. The molecule has 1 heterocycles. The fourth-order valence-electron chi connectivity index (χ4n) is 2.60. The Morgan fingerprint density at radius 1 is 1.15 bits per heavy atom. The van der Waals surface area contributed by atoms with Crippen molar-refractivity contribution >= 4 is 23.5 Å². The molecular weight excluding hydrogens is 480 g/mol. The van der Waals surface area contributed by atoms with E-state index in [1.165, 1.54) is 14.0 Å². The summed E-state index contributed by atoms with van der Waals surface area (Å²) >= 11 is 5.85. The zero-order chi connectivity index (χ0) is 25.1. The Morgan fingerprint density at radius 2 is 1.79 bits per heavy atom. The molecule has 14 heteroatoms. The highest BCUT2D eigenvalue weighted by Crippen LogP contribution is 2.28. The Labute approximate surface area is 188 Å². The molecule has 1 aromatic carbocycles. The average molecular weight is 497 g/mol. The number of nitrogens with zero attached hydrogens (tertiary/aromatic N) is 2. The van der Waals surface area contributed by atoms with Crippen molar-refractivity contribution in [2.75, 3.05) is 20.3 Å². The third-order valence-corrected chi connectivity index (χ3v) is 4.57. The summed E-state index contributed by atoms with van der Waals surface area (Å²) in [5.74, 6) is -3.44. The van der Waals surface area contributed by atoms with Crippen molar-refractivity contribution in [3.8, 4) is 5.69 Å². The summed E-state index contributed by atoms with van der Waals surface area (Å²) in [6.45, 7) is 1.16. The second-order valence-corrected chi connectivity index (χ2v) is 6.94. The fraction of sp³-hybridized carbons (Fsp3) is 0.368. The molecule has 2 aromatic rings. The number of ether oxygens (including phenoxy) is 3. The number of alkyl halides is 3. The van der Waals surface area contributed by atoms with Crippen LogP contribution in [0.1, 0.15) is 23.0 Å². The SMILES string of the molecule is COCCOC(=O)[C@H](C)OC(=O)c1cc(-n2c(=O)cc(C(F)(F)F)n(C)c2=O)c(F)cc1Cl. The van der Waals surface area contributed by atoms with E-state index < -0.39 is 63.3 Å². The third-order valence-electron chi connectivity index (χ3n) is 4.26. The van der Waals surface area contributed by atoms with Crippen molar-refractivity contribution in [1.29, 1.82) is 0 Å². The number of aromatic nitrogens is 2. The molecular formula is C19H17ClF4N2O7. The summed E-state index contributed by atoms with van der Waals surface area (Å²) in [4.78, 5) is 48.9. The zero-order valence-corrected chi connectivity index (χ0v) is 18.1. The van der Waals surface area contributed by atoms with Crippen LogP contribution in [0.15, 0.2) is 27.8 Å². The van der Waals surface area contributed by atoms with E-state index in [0.29, 0.717) is 12.1 Å². The van der Waals surface area contributed by atoms with Gasteiger partial charge in [-0.1, -0.05) is 11.6 Å². The fourth-order valence-corrected chi connectivity index (χ4v) is 2.83. The van der Waals surface area contributed by atoms with E-state index in [2.05, 4.69) is 0 Å². The lowest BCUT2D eigenvalue weighted by atomic mass is 10.2. The molecule has 0 aliphatic heterocycles. The van der Waals surface area contributed by atoms with E-state index in [4.69, 9.17) is 25.8 Å². The summed E-state index contributed by atoms with van der Waals surface area (Å²) in [5.41, 5.74) is -5.98. The molecule has 0 aliphatic rings. The first-order valence-electron chi connectivity index (χ1n) is 9.05. The molecule has 1 atom stereocenters. The zero-order valence-electron chi connectivity index (χ0n) is 17.4. The van der Waals surface area contributed by atoms with Crippen molar-refractivity contribution in [2.45, 2.75) is 19.2 Å². The number of methoxy groups -OCH3 is 1. The van der Waals surface area contributed by atoms with Crippen molar-refractivity contribution in [2.24, 2.45) is 7.05 Å². The van der Waals surface area contributed by atoms with Gasteiger partial charge in [0.2, 0.25) is 0 Å². The molecule has 0 unspecified atom stereocenters. The van der Waals surface area contributed by atoms with Crippen LogP contribution in [0.2, 0.25) is 5.02 Å². The Kier molecular flexibility index (Phi) is 8.03. The Hall–Kier alpha value is -3.19. The van der Waals surface area contributed by atoms with Gasteiger partial charge in [-0.3, -0.25) is 9.36 Å². The largest absolute Gasteiger partial charge is 0.461 e. The second-order valence-electron chi connectivity index (χ2n) is 6.53. The molecule has 1 aromatic heterocycles. The molecule has 9 nitrogen and oxygen atoms in total. The second kappa shape index (κ2) is 10.2. The minimum atomic E-state index is -5.02. The van der Waals surface area contributed by atoms with Crippen LogP contribution in [-0.2, 0) is 32.2 Å². The molecule has 0 spiro atoms. The van der Waals surface area contributed by atoms with Crippen LogP contribution in [0, 0.1) is 5.82 Å². The Morgan fingerprint density at radius 3 is 2.36 bits per heavy atom. The van der Waals surface area contributed by atoms with Crippen LogP contribution in [-0.4, -0.2) is 47.5 Å². The number of halogens is 5. The van der Waals surface area contributed by atoms with E-state index >= 15 is 0 Å². The van der Waals surface area contributed by atoms with Gasteiger partial charge in [0.25, 0.3) is 5.56 Å². The molecule has 0 amide bonds. The normalized spacial score (nSPS) is 12.4. The van der Waals surface area contributed by atoms with Gasteiger partial charge < -0.3 is 14.2 Å². The van der Waals surface area contributed by atoms with Crippen molar-refractivity contribution in [3.05, 3.63) is 61.1 Å². The lowest BCUT2D eigenvalue weighted by Crippen LogP contribution is -2.41. The summed E-state index contributed by atoms with van der Waals surface area (Å²) in [6.07, 6.45) is -6.44. The molecule has 0 saturated carbocycles.